The zero-order valence-corrected chi connectivity index (χ0v) is 13.9. The zero-order valence-electron chi connectivity index (χ0n) is 13.9. The number of hydrogen-bond donors (Lipinski definition) is 0. The summed E-state index contributed by atoms with van der Waals surface area (Å²) < 4.78 is 18.7. The monoisotopic (exact) mass is 320 g/mol. The first kappa shape index (κ1) is 16.2. The van der Waals surface area contributed by atoms with E-state index in [1.54, 1.807) is 12.1 Å². The first-order valence-electron chi connectivity index (χ1n) is 8.42. The van der Waals surface area contributed by atoms with Crippen LogP contribution in [0.4, 0.5) is 4.39 Å². The van der Waals surface area contributed by atoms with Crippen molar-refractivity contribution in [2.45, 2.75) is 44.2 Å². The Labute approximate surface area is 137 Å². The summed E-state index contributed by atoms with van der Waals surface area (Å²) in [6, 6.07) is 5.56. The van der Waals surface area contributed by atoms with E-state index in [2.05, 4.69) is 11.9 Å². The number of hydrogen-bond acceptors (Lipinski definition) is 3. The van der Waals surface area contributed by atoms with E-state index in [1.165, 1.54) is 26.0 Å². The summed E-state index contributed by atoms with van der Waals surface area (Å²) in [6.07, 6.45) is 4.79. The average Bonchev–Trinajstić information content (AvgIpc) is 3.15. The summed E-state index contributed by atoms with van der Waals surface area (Å²) in [6.45, 7) is 1.94. The number of ether oxygens (including phenoxy) is 1. The maximum absolute atomic E-state index is 13.8. The van der Waals surface area contributed by atoms with Gasteiger partial charge in [-0.05, 0) is 57.0 Å². The number of rotatable bonds is 4. The Morgan fingerprint density at radius 1 is 1.26 bits per heavy atom. The minimum absolute atomic E-state index is 0.109. The van der Waals surface area contributed by atoms with Crippen molar-refractivity contribution in [3.05, 3.63) is 29.6 Å². The van der Waals surface area contributed by atoms with Gasteiger partial charge in [0.15, 0.2) is 11.6 Å². The van der Waals surface area contributed by atoms with Gasteiger partial charge in [-0.3, -0.25) is 4.79 Å². The van der Waals surface area contributed by atoms with Crippen LogP contribution in [0, 0.1) is 5.82 Å². The van der Waals surface area contributed by atoms with E-state index >= 15 is 0 Å². The highest BCUT2D eigenvalue weighted by Gasteiger charge is 2.38. The average molecular weight is 320 g/mol. The Balaban J connectivity index is 1.68. The molecule has 2 fully saturated rings. The van der Waals surface area contributed by atoms with Gasteiger partial charge in [0, 0.05) is 18.6 Å². The largest absolute Gasteiger partial charge is 0.494 e. The number of carbonyl (C=O) groups excluding carboxylic acids is 1. The number of likely N-dealkylation sites (tertiary alicyclic amines) is 2. The number of amides is 1. The van der Waals surface area contributed by atoms with Crippen molar-refractivity contribution in [3.63, 3.8) is 0 Å². The quantitative estimate of drug-likeness (QED) is 0.854. The van der Waals surface area contributed by atoms with Crippen molar-refractivity contribution >= 4 is 5.91 Å². The molecule has 0 spiro atoms. The van der Waals surface area contributed by atoms with Gasteiger partial charge in [-0.25, -0.2) is 4.39 Å². The number of benzene rings is 1. The van der Waals surface area contributed by atoms with Crippen LogP contribution in [-0.4, -0.2) is 55.0 Å². The van der Waals surface area contributed by atoms with E-state index in [-0.39, 0.29) is 18.1 Å². The normalized spacial score (nSPS) is 25.1. The van der Waals surface area contributed by atoms with Crippen LogP contribution in [0.25, 0.3) is 0 Å². The van der Waals surface area contributed by atoms with E-state index < -0.39 is 5.82 Å². The van der Waals surface area contributed by atoms with Crippen LogP contribution in [0.2, 0.25) is 0 Å². The molecule has 0 N–H and O–H groups in total. The van der Waals surface area contributed by atoms with Gasteiger partial charge in [0.1, 0.15) is 0 Å². The van der Waals surface area contributed by atoms with E-state index in [0.717, 1.165) is 25.9 Å². The molecule has 0 aromatic heterocycles. The summed E-state index contributed by atoms with van der Waals surface area (Å²) in [5.41, 5.74) is 0.707. The number of likely N-dealkylation sites (N-methyl/N-ethyl adjacent to an activating group) is 1. The van der Waals surface area contributed by atoms with Crippen molar-refractivity contribution in [1.29, 1.82) is 0 Å². The van der Waals surface area contributed by atoms with Gasteiger partial charge in [-0.1, -0.05) is 6.07 Å². The SMILES string of the molecule is COc1ccc(CC(=O)N2CCC[C@@H]2[C@@H]2CCCN2C)cc1F. The molecule has 0 unspecified atom stereocenters. The molecule has 126 valence electrons. The molecule has 1 aromatic carbocycles. The van der Waals surface area contributed by atoms with Crippen molar-refractivity contribution in [1.82, 2.24) is 9.80 Å². The summed E-state index contributed by atoms with van der Waals surface area (Å²) in [4.78, 5) is 17.1. The lowest BCUT2D eigenvalue weighted by atomic mass is 10.0. The molecule has 2 saturated heterocycles. The molecule has 2 atom stereocenters. The topological polar surface area (TPSA) is 32.8 Å². The first-order valence-corrected chi connectivity index (χ1v) is 8.42. The second kappa shape index (κ2) is 6.87. The van der Waals surface area contributed by atoms with E-state index in [9.17, 15) is 9.18 Å². The lowest BCUT2D eigenvalue weighted by molar-refractivity contribution is -0.132. The Kier molecular flexibility index (Phi) is 4.85. The van der Waals surface area contributed by atoms with Crippen molar-refractivity contribution in [2.75, 3.05) is 27.2 Å². The second-order valence-corrected chi connectivity index (χ2v) is 6.63. The van der Waals surface area contributed by atoms with Crippen LogP contribution in [0.1, 0.15) is 31.2 Å². The minimum atomic E-state index is -0.411. The minimum Gasteiger partial charge on any atom is -0.494 e. The number of methoxy groups -OCH3 is 1. The molecule has 5 heteroatoms. The van der Waals surface area contributed by atoms with Crippen LogP contribution < -0.4 is 4.74 Å². The Morgan fingerprint density at radius 3 is 2.65 bits per heavy atom. The molecule has 0 bridgehead atoms. The van der Waals surface area contributed by atoms with E-state index in [1.807, 2.05) is 4.90 Å². The van der Waals surface area contributed by atoms with Crippen molar-refractivity contribution < 1.29 is 13.9 Å². The number of carbonyl (C=O) groups is 1. The van der Waals surface area contributed by atoms with Crippen LogP contribution >= 0.6 is 0 Å². The molecule has 0 saturated carbocycles. The van der Waals surface area contributed by atoms with Crippen LogP contribution in [0.5, 0.6) is 5.75 Å². The molecule has 2 aliphatic rings. The molecule has 0 aliphatic carbocycles. The third-order valence-corrected chi connectivity index (χ3v) is 5.21. The number of halogens is 1. The molecular weight excluding hydrogens is 295 g/mol. The predicted octanol–water partition coefficient (Wildman–Crippen LogP) is 2.46. The predicted molar refractivity (Wildman–Crippen MR) is 87.0 cm³/mol. The van der Waals surface area contributed by atoms with Gasteiger partial charge in [0.05, 0.1) is 13.5 Å². The lowest BCUT2D eigenvalue weighted by Crippen LogP contribution is -2.47. The van der Waals surface area contributed by atoms with Crippen molar-refractivity contribution in [3.8, 4) is 5.75 Å². The fourth-order valence-electron chi connectivity index (χ4n) is 4.02. The van der Waals surface area contributed by atoms with Crippen LogP contribution in [0.3, 0.4) is 0 Å². The van der Waals surface area contributed by atoms with Crippen LogP contribution in [-0.2, 0) is 11.2 Å². The molecule has 0 radical (unpaired) electrons. The standard InChI is InChI=1S/C18H25FN2O2/c1-20-9-3-5-15(20)16-6-4-10-21(16)18(22)12-13-7-8-17(23-2)14(19)11-13/h7-8,11,15-16H,3-6,9-10,12H2,1-2H3/t15-,16+/m0/s1. The van der Waals surface area contributed by atoms with E-state index in [4.69, 9.17) is 4.74 Å². The molecule has 3 rings (SSSR count). The molecule has 23 heavy (non-hydrogen) atoms. The maximum atomic E-state index is 13.8. The lowest BCUT2D eigenvalue weighted by Gasteiger charge is -2.33. The summed E-state index contributed by atoms with van der Waals surface area (Å²) in [5.74, 6) is -0.0866. The highest BCUT2D eigenvalue weighted by atomic mass is 19.1. The van der Waals surface area contributed by atoms with Gasteiger partial charge in [0.25, 0.3) is 0 Å². The Bertz CT molecular complexity index is 578. The van der Waals surface area contributed by atoms with Gasteiger partial charge >= 0.3 is 0 Å². The van der Waals surface area contributed by atoms with Gasteiger partial charge in [-0.15, -0.1) is 0 Å². The van der Waals surface area contributed by atoms with Gasteiger partial charge in [-0.2, -0.15) is 0 Å². The van der Waals surface area contributed by atoms with Gasteiger partial charge < -0.3 is 14.5 Å². The molecular formula is C18H25FN2O2. The third-order valence-electron chi connectivity index (χ3n) is 5.21. The Hall–Kier alpha value is -1.62. The van der Waals surface area contributed by atoms with Crippen molar-refractivity contribution in [2.24, 2.45) is 0 Å². The Morgan fingerprint density at radius 2 is 2.00 bits per heavy atom. The number of nitrogens with zero attached hydrogens (tertiary/aromatic N) is 2. The fourth-order valence-corrected chi connectivity index (χ4v) is 4.02. The molecule has 1 aromatic rings. The molecule has 2 heterocycles. The smallest absolute Gasteiger partial charge is 0.227 e. The third kappa shape index (κ3) is 3.34. The maximum Gasteiger partial charge on any atom is 0.227 e. The van der Waals surface area contributed by atoms with Gasteiger partial charge in [0.2, 0.25) is 5.91 Å². The summed E-state index contributed by atoms with van der Waals surface area (Å²) in [7, 11) is 3.59. The van der Waals surface area contributed by atoms with E-state index in [0.29, 0.717) is 17.6 Å². The highest BCUT2D eigenvalue weighted by molar-refractivity contribution is 5.79. The zero-order chi connectivity index (χ0) is 16.4. The second-order valence-electron chi connectivity index (χ2n) is 6.63. The van der Waals surface area contributed by atoms with Crippen LogP contribution in [0.15, 0.2) is 18.2 Å². The molecule has 4 nitrogen and oxygen atoms in total. The molecule has 1 amide bonds. The summed E-state index contributed by atoms with van der Waals surface area (Å²) >= 11 is 0. The highest BCUT2D eigenvalue weighted by Crippen LogP contribution is 2.29. The summed E-state index contributed by atoms with van der Waals surface area (Å²) in [5, 5.41) is 0. The molecule has 2 aliphatic heterocycles. The fraction of sp³-hybridized carbons (Fsp3) is 0.611. The first-order chi connectivity index (χ1) is 11.1.